The summed E-state index contributed by atoms with van der Waals surface area (Å²) in [6, 6.07) is 0. The minimum atomic E-state index is 0.406. The molecule has 0 unspecified atom stereocenters. The van der Waals surface area contributed by atoms with Crippen LogP contribution in [0.25, 0.3) is 11.0 Å². The normalized spacial score (nSPS) is 10.1. The zero-order valence-electron chi connectivity index (χ0n) is 11.2. The van der Waals surface area contributed by atoms with Gasteiger partial charge >= 0.3 is 0 Å². The van der Waals surface area contributed by atoms with Crippen LogP contribution in [0.15, 0.2) is 12.5 Å². The molecule has 0 saturated carbocycles. The second kappa shape index (κ2) is 6.74. The largest absolute Gasteiger partial charge is 0.477 e. The molecule has 1 N–H and O–H groups in total. The van der Waals surface area contributed by atoms with Gasteiger partial charge in [-0.05, 0) is 5.92 Å². The number of aldehydes is 1. The molecule has 5 heteroatoms. The van der Waals surface area contributed by atoms with E-state index in [0.29, 0.717) is 35.0 Å². The van der Waals surface area contributed by atoms with E-state index in [2.05, 4.69) is 28.8 Å². The van der Waals surface area contributed by atoms with E-state index in [1.54, 1.807) is 6.20 Å². The summed E-state index contributed by atoms with van der Waals surface area (Å²) < 4.78 is 5.55. The predicted molar refractivity (Wildman–Crippen MR) is 71.0 cm³/mol. The minimum absolute atomic E-state index is 0.406. The Kier molecular flexibility index (Phi) is 5.30. The first kappa shape index (κ1) is 14.2. The first-order chi connectivity index (χ1) is 8.72. The Bertz CT molecular complexity index is 506. The SMILES string of the molecule is CC.CC(C)COc1ncnc2[nH]cc(C=O)c12. The van der Waals surface area contributed by atoms with Crippen LogP contribution in [0.2, 0.25) is 0 Å². The van der Waals surface area contributed by atoms with Crippen molar-refractivity contribution < 1.29 is 9.53 Å². The molecule has 98 valence electrons. The Balaban J connectivity index is 0.000000771. The molecule has 0 aromatic carbocycles. The molecule has 0 amide bonds. The summed E-state index contributed by atoms with van der Waals surface area (Å²) in [4.78, 5) is 21.8. The van der Waals surface area contributed by atoms with E-state index in [-0.39, 0.29) is 0 Å². The number of nitrogens with zero attached hydrogens (tertiary/aromatic N) is 2. The zero-order valence-corrected chi connectivity index (χ0v) is 11.2. The van der Waals surface area contributed by atoms with Crippen LogP contribution >= 0.6 is 0 Å². The molecule has 18 heavy (non-hydrogen) atoms. The Morgan fingerprint density at radius 3 is 2.72 bits per heavy atom. The highest BCUT2D eigenvalue weighted by Crippen LogP contribution is 2.24. The molecule has 0 spiro atoms. The third-order valence-corrected chi connectivity index (χ3v) is 2.15. The number of carbonyl (C=O) groups is 1. The summed E-state index contributed by atoms with van der Waals surface area (Å²) in [5.74, 6) is 0.866. The first-order valence-electron chi connectivity index (χ1n) is 6.12. The summed E-state index contributed by atoms with van der Waals surface area (Å²) in [6.45, 7) is 8.67. The fourth-order valence-electron chi connectivity index (χ4n) is 1.41. The lowest BCUT2D eigenvalue weighted by molar-refractivity contribution is 0.112. The van der Waals surface area contributed by atoms with E-state index in [9.17, 15) is 4.79 Å². The van der Waals surface area contributed by atoms with Gasteiger partial charge in [-0.25, -0.2) is 9.97 Å². The molecule has 0 aliphatic heterocycles. The summed E-state index contributed by atoms with van der Waals surface area (Å²) >= 11 is 0. The van der Waals surface area contributed by atoms with Gasteiger partial charge in [-0.3, -0.25) is 4.79 Å². The number of carbonyl (C=O) groups excluding carboxylic acids is 1. The van der Waals surface area contributed by atoms with E-state index in [1.165, 1.54) is 6.33 Å². The Labute approximate surface area is 107 Å². The van der Waals surface area contributed by atoms with Gasteiger partial charge in [0.25, 0.3) is 0 Å². The van der Waals surface area contributed by atoms with Crippen LogP contribution in [-0.2, 0) is 0 Å². The lowest BCUT2D eigenvalue weighted by Gasteiger charge is -2.08. The average Bonchev–Trinajstić information content (AvgIpc) is 2.82. The highest BCUT2D eigenvalue weighted by molar-refractivity contribution is 5.98. The minimum Gasteiger partial charge on any atom is -0.477 e. The van der Waals surface area contributed by atoms with Crippen molar-refractivity contribution in [3.8, 4) is 5.88 Å². The van der Waals surface area contributed by atoms with Crippen LogP contribution in [0.5, 0.6) is 5.88 Å². The molecule has 2 rings (SSSR count). The maximum Gasteiger partial charge on any atom is 0.226 e. The maximum absolute atomic E-state index is 10.8. The Morgan fingerprint density at radius 2 is 2.11 bits per heavy atom. The van der Waals surface area contributed by atoms with Crippen molar-refractivity contribution in [2.24, 2.45) is 5.92 Å². The molecule has 0 bridgehead atoms. The quantitative estimate of drug-likeness (QED) is 0.846. The lowest BCUT2D eigenvalue weighted by atomic mass is 10.2. The topological polar surface area (TPSA) is 67.9 Å². The molecule has 2 aromatic rings. The van der Waals surface area contributed by atoms with Crippen LogP contribution in [0.3, 0.4) is 0 Å². The molecule has 0 aliphatic rings. The number of rotatable bonds is 4. The van der Waals surface area contributed by atoms with Crippen LogP contribution < -0.4 is 4.74 Å². The number of hydrogen-bond donors (Lipinski definition) is 1. The van der Waals surface area contributed by atoms with E-state index >= 15 is 0 Å². The third kappa shape index (κ3) is 3.06. The first-order valence-corrected chi connectivity index (χ1v) is 6.12. The van der Waals surface area contributed by atoms with Gasteiger partial charge in [-0.1, -0.05) is 27.7 Å². The molecule has 0 atom stereocenters. The van der Waals surface area contributed by atoms with Crippen molar-refractivity contribution >= 4 is 17.3 Å². The second-order valence-electron chi connectivity index (χ2n) is 3.97. The highest BCUT2D eigenvalue weighted by Gasteiger charge is 2.11. The number of aromatic nitrogens is 3. The number of fused-ring (bicyclic) bond motifs is 1. The molecule has 0 radical (unpaired) electrons. The van der Waals surface area contributed by atoms with E-state index in [1.807, 2.05) is 13.8 Å². The molecule has 0 aliphatic carbocycles. The third-order valence-electron chi connectivity index (χ3n) is 2.15. The number of hydrogen-bond acceptors (Lipinski definition) is 4. The van der Waals surface area contributed by atoms with Gasteiger partial charge in [0.15, 0.2) is 6.29 Å². The van der Waals surface area contributed by atoms with Crippen molar-refractivity contribution in [2.45, 2.75) is 27.7 Å². The highest BCUT2D eigenvalue weighted by atomic mass is 16.5. The molecule has 2 aromatic heterocycles. The Hall–Kier alpha value is -1.91. The Morgan fingerprint density at radius 1 is 1.39 bits per heavy atom. The smallest absolute Gasteiger partial charge is 0.226 e. The average molecular weight is 249 g/mol. The fourth-order valence-corrected chi connectivity index (χ4v) is 1.41. The van der Waals surface area contributed by atoms with Gasteiger partial charge in [-0.15, -0.1) is 0 Å². The van der Waals surface area contributed by atoms with Gasteiger partial charge < -0.3 is 9.72 Å². The van der Waals surface area contributed by atoms with Gasteiger partial charge in [0, 0.05) is 11.8 Å². The molecule has 0 saturated heterocycles. The van der Waals surface area contributed by atoms with Crippen LogP contribution in [0.1, 0.15) is 38.1 Å². The zero-order chi connectivity index (χ0) is 13.5. The van der Waals surface area contributed by atoms with Crippen molar-refractivity contribution in [1.29, 1.82) is 0 Å². The van der Waals surface area contributed by atoms with Crippen LogP contribution in [-0.4, -0.2) is 27.8 Å². The fraction of sp³-hybridized carbons (Fsp3) is 0.462. The van der Waals surface area contributed by atoms with Crippen molar-refractivity contribution in [3.63, 3.8) is 0 Å². The molecule has 2 heterocycles. The number of H-pyrrole nitrogens is 1. The predicted octanol–water partition coefficient (Wildman–Crippen LogP) is 2.83. The van der Waals surface area contributed by atoms with E-state index in [4.69, 9.17) is 4.74 Å². The lowest BCUT2D eigenvalue weighted by Crippen LogP contribution is -2.06. The van der Waals surface area contributed by atoms with Crippen molar-refractivity contribution in [2.75, 3.05) is 6.61 Å². The van der Waals surface area contributed by atoms with E-state index in [0.717, 1.165) is 6.29 Å². The number of ether oxygens (including phenoxy) is 1. The van der Waals surface area contributed by atoms with Crippen LogP contribution in [0, 0.1) is 5.92 Å². The molecule has 5 nitrogen and oxygen atoms in total. The number of nitrogens with one attached hydrogen (secondary N) is 1. The number of aromatic amines is 1. The van der Waals surface area contributed by atoms with Crippen LogP contribution in [0.4, 0.5) is 0 Å². The summed E-state index contributed by atoms with van der Waals surface area (Å²) in [7, 11) is 0. The molecular weight excluding hydrogens is 230 g/mol. The van der Waals surface area contributed by atoms with E-state index < -0.39 is 0 Å². The standard InChI is InChI=1S/C11H13N3O2.C2H6/c1-7(2)5-16-11-9-8(4-15)3-12-10(9)13-6-14-11;1-2/h3-4,6-7H,5H2,1-2H3,(H,12,13,14);1-2H3. The summed E-state index contributed by atoms with van der Waals surface area (Å²) in [5.41, 5.74) is 1.14. The van der Waals surface area contributed by atoms with Gasteiger partial charge in [0.2, 0.25) is 5.88 Å². The maximum atomic E-state index is 10.8. The molecular formula is C13H19N3O2. The monoisotopic (exact) mass is 249 g/mol. The van der Waals surface area contributed by atoms with Crippen molar-refractivity contribution in [3.05, 3.63) is 18.1 Å². The molecule has 0 fully saturated rings. The van der Waals surface area contributed by atoms with Gasteiger partial charge in [0.1, 0.15) is 12.0 Å². The second-order valence-corrected chi connectivity index (χ2v) is 3.97. The summed E-state index contributed by atoms with van der Waals surface area (Å²) in [6.07, 6.45) is 3.79. The van der Waals surface area contributed by atoms with Crippen molar-refractivity contribution in [1.82, 2.24) is 15.0 Å². The van der Waals surface area contributed by atoms with Gasteiger partial charge in [0.05, 0.1) is 12.0 Å². The van der Waals surface area contributed by atoms with Gasteiger partial charge in [-0.2, -0.15) is 0 Å². The summed E-state index contributed by atoms with van der Waals surface area (Å²) in [5, 5.41) is 0.651.